The number of hydrogen-bond acceptors (Lipinski definition) is 5. The van der Waals surface area contributed by atoms with Crippen LogP contribution in [0.2, 0.25) is 0 Å². The highest BCUT2D eigenvalue weighted by Gasteiger charge is 2.35. The van der Waals surface area contributed by atoms with E-state index in [4.69, 9.17) is 14.5 Å². The molecule has 2 aliphatic rings. The molecule has 1 unspecified atom stereocenters. The van der Waals surface area contributed by atoms with Gasteiger partial charge in [0, 0.05) is 17.6 Å². The number of fused-ring (bicyclic) bond motifs is 3. The van der Waals surface area contributed by atoms with Gasteiger partial charge in [-0.05, 0) is 70.2 Å². The van der Waals surface area contributed by atoms with Gasteiger partial charge in [-0.1, -0.05) is 24.6 Å². The first-order valence-corrected chi connectivity index (χ1v) is 12.7. The predicted octanol–water partition coefficient (Wildman–Crippen LogP) is 5.90. The molecular formula is C28H33N3O5. The highest BCUT2D eigenvalue weighted by atomic mass is 16.5. The summed E-state index contributed by atoms with van der Waals surface area (Å²) in [6.45, 7) is 4.01. The molecule has 8 nitrogen and oxygen atoms in total. The first kappa shape index (κ1) is 24.2. The van der Waals surface area contributed by atoms with Gasteiger partial charge < -0.3 is 19.1 Å². The van der Waals surface area contributed by atoms with Crippen LogP contribution in [0.4, 0.5) is 10.5 Å². The second-order valence-corrected chi connectivity index (χ2v) is 9.93. The summed E-state index contributed by atoms with van der Waals surface area (Å²) >= 11 is 0. The number of carbonyl (C=O) groups is 2. The summed E-state index contributed by atoms with van der Waals surface area (Å²) in [7, 11) is 1.40. The number of rotatable bonds is 5. The molecule has 4 atom stereocenters. The summed E-state index contributed by atoms with van der Waals surface area (Å²) in [6.07, 6.45) is 3.90. The number of carbonyl (C=O) groups excluding carboxylic acids is 1. The van der Waals surface area contributed by atoms with Crippen LogP contribution in [0.15, 0.2) is 42.5 Å². The van der Waals surface area contributed by atoms with Gasteiger partial charge in [0.1, 0.15) is 5.75 Å². The summed E-state index contributed by atoms with van der Waals surface area (Å²) in [5.41, 5.74) is 3.66. The maximum Gasteiger partial charge on any atom is 0.414 e. The van der Waals surface area contributed by atoms with Gasteiger partial charge in [0.15, 0.2) is 11.9 Å². The molecule has 2 heterocycles. The Balaban J connectivity index is 1.64. The maximum absolute atomic E-state index is 12.6. The van der Waals surface area contributed by atoms with E-state index in [2.05, 4.69) is 4.57 Å². The Morgan fingerprint density at radius 2 is 1.89 bits per heavy atom. The zero-order valence-electron chi connectivity index (χ0n) is 21.0. The molecule has 1 amide bonds. The molecule has 190 valence electrons. The number of amides is 1. The first-order chi connectivity index (χ1) is 17.4. The van der Waals surface area contributed by atoms with Gasteiger partial charge >= 0.3 is 12.1 Å². The molecule has 3 aromatic rings. The number of aryl methyl sites for hydroxylation is 1. The number of aromatic nitrogens is 2. The molecule has 36 heavy (non-hydrogen) atoms. The van der Waals surface area contributed by atoms with E-state index in [-0.39, 0.29) is 30.2 Å². The van der Waals surface area contributed by atoms with Crippen LogP contribution >= 0.6 is 0 Å². The number of ether oxygens (including phenoxy) is 2. The number of nitrogens with zero attached hydrogens (tertiary/aromatic N) is 3. The molecule has 2 aromatic carbocycles. The van der Waals surface area contributed by atoms with Crippen LogP contribution in [0.5, 0.6) is 5.75 Å². The SMILES string of the molecule is COC(=O)N1c2ccc3c(nc([C@H](C)Oc4ccccc4)n3[C@@H]3CCC[C@@H](C(=O)O)C3)c2CCC1C. The van der Waals surface area contributed by atoms with Gasteiger partial charge in [-0.25, -0.2) is 9.78 Å². The normalized spacial score (nSPS) is 22.6. The van der Waals surface area contributed by atoms with Gasteiger partial charge in [-0.2, -0.15) is 0 Å². The molecule has 1 aliphatic heterocycles. The number of hydrogen-bond donors (Lipinski definition) is 1. The molecule has 1 aliphatic carbocycles. The van der Waals surface area contributed by atoms with Gasteiger partial charge in [-0.15, -0.1) is 0 Å². The van der Waals surface area contributed by atoms with E-state index in [9.17, 15) is 14.7 Å². The molecule has 0 saturated heterocycles. The van der Waals surface area contributed by atoms with E-state index in [1.807, 2.05) is 56.3 Å². The number of imidazole rings is 1. The lowest BCUT2D eigenvalue weighted by molar-refractivity contribution is -0.143. The van der Waals surface area contributed by atoms with Gasteiger partial charge in [0.05, 0.1) is 29.7 Å². The van der Waals surface area contributed by atoms with E-state index >= 15 is 0 Å². The summed E-state index contributed by atoms with van der Waals surface area (Å²) in [4.78, 5) is 31.3. The van der Waals surface area contributed by atoms with Crippen molar-refractivity contribution in [3.05, 3.63) is 53.9 Å². The predicted molar refractivity (Wildman–Crippen MR) is 137 cm³/mol. The molecule has 8 heteroatoms. The Hall–Kier alpha value is -3.55. The molecular weight excluding hydrogens is 458 g/mol. The second-order valence-electron chi connectivity index (χ2n) is 9.93. The summed E-state index contributed by atoms with van der Waals surface area (Å²) in [6, 6.07) is 13.7. The van der Waals surface area contributed by atoms with Crippen molar-refractivity contribution in [3.63, 3.8) is 0 Å². The Kier molecular flexibility index (Phi) is 6.60. The van der Waals surface area contributed by atoms with Crippen molar-refractivity contribution in [1.29, 1.82) is 0 Å². The van der Waals surface area contributed by atoms with Crippen LogP contribution in [0.1, 0.15) is 69.5 Å². The molecule has 1 aromatic heterocycles. The van der Waals surface area contributed by atoms with Crippen molar-refractivity contribution in [2.45, 2.75) is 70.6 Å². The van der Waals surface area contributed by atoms with E-state index in [0.29, 0.717) is 12.8 Å². The Morgan fingerprint density at radius 3 is 2.61 bits per heavy atom. The van der Waals surface area contributed by atoms with E-state index < -0.39 is 5.97 Å². The molecule has 0 bridgehead atoms. The lowest BCUT2D eigenvalue weighted by atomic mass is 9.85. The fourth-order valence-corrected chi connectivity index (χ4v) is 5.84. The zero-order valence-corrected chi connectivity index (χ0v) is 21.0. The van der Waals surface area contributed by atoms with Crippen LogP contribution in [0, 0.1) is 5.92 Å². The Morgan fingerprint density at radius 1 is 1.11 bits per heavy atom. The fraction of sp³-hybridized carbons (Fsp3) is 0.464. The summed E-state index contributed by atoms with van der Waals surface area (Å²) in [5.74, 6) is 0.428. The third-order valence-electron chi connectivity index (χ3n) is 7.63. The molecule has 0 spiro atoms. The lowest BCUT2D eigenvalue weighted by Crippen LogP contribution is -2.42. The van der Waals surface area contributed by atoms with Crippen molar-refractivity contribution in [2.75, 3.05) is 12.0 Å². The van der Waals surface area contributed by atoms with E-state index in [1.54, 1.807) is 4.90 Å². The minimum absolute atomic E-state index is 0.0129. The standard InChI is InChI=1S/C28H33N3O5/c1-17-12-13-22-23(30(17)28(34)35-3)14-15-24-25(22)29-26(18(2)36-21-10-5-4-6-11-21)31(24)20-9-7-8-19(16-20)27(32)33/h4-6,10-11,14-15,17-20H,7-9,12-13,16H2,1-3H3,(H,32,33)/t17?,18-,19+,20+/m0/s1. The van der Waals surface area contributed by atoms with E-state index in [1.165, 1.54) is 7.11 Å². The molecule has 1 saturated carbocycles. The number of benzene rings is 2. The van der Waals surface area contributed by atoms with Crippen LogP contribution in [-0.4, -0.2) is 39.9 Å². The molecule has 1 fully saturated rings. The third kappa shape index (κ3) is 4.29. The van der Waals surface area contributed by atoms with Crippen LogP contribution < -0.4 is 9.64 Å². The van der Waals surface area contributed by atoms with Gasteiger partial charge in [0.25, 0.3) is 0 Å². The summed E-state index contributed by atoms with van der Waals surface area (Å²) in [5, 5.41) is 9.73. The van der Waals surface area contributed by atoms with Crippen LogP contribution in [-0.2, 0) is 16.0 Å². The number of anilines is 1. The molecule has 5 rings (SSSR count). The third-order valence-corrected chi connectivity index (χ3v) is 7.63. The molecule has 0 radical (unpaired) electrons. The smallest absolute Gasteiger partial charge is 0.414 e. The zero-order chi connectivity index (χ0) is 25.4. The van der Waals surface area contributed by atoms with Gasteiger partial charge in [-0.3, -0.25) is 9.69 Å². The van der Waals surface area contributed by atoms with Crippen molar-refractivity contribution in [2.24, 2.45) is 5.92 Å². The topological polar surface area (TPSA) is 93.9 Å². The van der Waals surface area contributed by atoms with Crippen LogP contribution in [0.3, 0.4) is 0 Å². The van der Waals surface area contributed by atoms with Crippen molar-refractivity contribution < 1.29 is 24.2 Å². The highest BCUT2D eigenvalue weighted by Crippen LogP contribution is 2.42. The Labute approximate surface area is 210 Å². The van der Waals surface area contributed by atoms with Crippen molar-refractivity contribution in [1.82, 2.24) is 9.55 Å². The number of carboxylic acids is 1. The highest BCUT2D eigenvalue weighted by molar-refractivity contribution is 5.95. The number of methoxy groups -OCH3 is 1. The lowest BCUT2D eigenvalue weighted by Gasteiger charge is -2.34. The number of para-hydroxylation sites is 1. The monoisotopic (exact) mass is 491 g/mol. The number of aliphatic carboxylic acids is 1. The number of carboxylic acid groups (broad SMARTS) is 1. The average molecular weight is 492 g/mol. The molecule has 1 N–H and O–H groups in total. The first-order valence-electron chi connectivity index (χ1n) is 12.7. The quantitative estimate of drug-likeness (QED) is 0.478. The van der Waals surface area contributed by atoms with Crippen LogP contribution in [0.25, 0.3) is 11.0 Å². The maximum atomic E-state index is 12.6. The van der Waals surface area contributed by atoms with E-state index in [0.717, 1.165) is 59.5 Å². The largest absolute Gasteiger partial charge is 0.483 e. The fourth-order valence-electron chi connectivity index (χ4n) is 5.84. The average Bonchev–Trinajstić information content (AvgIpc) is 3.29. The van der Waals surface area contributed by atoms with Crippen molar-refractivity contribution in [3.8, 4) is 5.75 Å². The van der Waals surface area contributed by atoms with Crippen molar-refractivity contribution >= 4 is 28.8 Å². The van der Waals surface area contributed by atoms with Gasteiger partial charge in [0.2, 0.25) is 0 Å². The summed E-state index contributed by atoms with van der Waals surface area (Å²) < 4.78 is 13.6. The second kappa shape index (κ2) is 9.84. The minimum atomic E-state index is -0.737. The minimum Gasteiger partial charge on any atom is -0.483 e. The Bertz CT molecular complexity index is 1270.